The molecule has 0 aromatic rings. The van der Waals surface area contributed by atoms with Gasteiger partial charge in [-0.15, -0.1) is 0 Å². The first kappa shape index (κ1) is 18.6. The van der Waals surface area contributed by atoms with Crippen LogP contribution < -0.4 is 0 Å². The Hall–Kier alpha value is -0.790. The largest absolute Gasteiger partial charge is 0.462 e. The zero-order valence-corrected chi connectivity index (χ0v) is 17.4. The molecular formula is C24H38O2. The van der Waals surface area contributed by atoms with Crippen LogP contribution in [-0.4, -0.2) is 12.1 Å². The minimum Gasteiger partial charge on any atom is -0.462 e. The standard InChI is InChI=1S/C24H38O2/c1-5-6-17-8-10-21-20-9-7-18-15-19(26-16(2)25)11-13-24(18,4)22(20)12-14-23(17,21)3/h7,17,19-22H,5-6,8-15H2,1-4H3/t17-,19-,20?,21?,22?,23+,24-/m0/s1. The molecule has 0 N–H and O–H groups in total. The van der Waals surface area contributed by atoms with E-state index in [1.165, 1.54) is 51.4 Å². The van der Waals surface area contributed by atoms with E-state index >= 15 is 0 Å². The van der Waals surface area contributed by atoms with Gasteiger partial charge in [0.25, 0.3) is 0 Å². The molecule has 2 heteroatoms. The lowest BCUT2D eigenvalue weighted by molar-refractivity contribution is -0.148. The van der Waals surface area contributed by atoms with Crippen molar-refractivity contribution in [3.8, 4) is 0 Å². The minimum absolute atomic E-state index is 0.116. The normalized spacial score (nSPS) is 47.4. The van der Waals surface area contributed by atoms with Crippen molar-refractivity contribution in [1.29, 1.82) is 0 Å². The van der Waals surface area contributed by atoms with Crippen LogP contribution in [-0.2, 0) is 9.53 Å². The maximum absolute atomic E-state index is 11.4. The van der Waals surface area contributed by atoms with E-state index in [0.717, 1.165) is 36.5 Å². The van der Waals surface area contributed by atoms with Gasteiger partial charge in [0.1, 0.15) is 6.10 Å². The molecular weight excluding hydrogens is 320 g/mol. The van der Waals surface area contributed by atoms with Crippen molar-refractivity contribution in [3.63, 3.8) is 0 Å². The highest BCUT2D eigenvalue weighted by Crippen LogP contribution is 2.66. The van der Waals surface area contributed by atoms with Crippen LogP contribution >= 0.6 is 0 Å². The number of hydrogen-bond acceptors (Lipinski definition) is 2. The second-order valence-corrected chi connectivity index (χ2v) is 10.3. The van der Waals surface area contributed by atoms with Crippen LogP contribution in [0.2, 0.25) is 0 Å². The first-order valence-electron chi connectivity index (χ1n) is 11.2. The Bertz CT molecular complexity index is 593. The quantitative estimate of drug-likeness (QED) is 0.437. The smallest absolute Gasteiger partial charge is 0.302 e. The summed E-state index contributed by atoms with van der Waals surface area (Å²) in [6.07, 6.45) is 15.8. The molecule has 4 aliphatic rings. The van der Waals surface area contributed by atoms with Crippen molar-refractivity contribution in [2.45, 2.75) is 98.0 Å². The van der Waals surface area contributed by atoms with Crippen molar-refractivity contribution >= 4 is 5.97 Å². The molecule has 146 valence electrons. The monoisotopic (exact) mass is 358 g/mol. The van der Waals surface area contributed by atoms with Gasteiger partial charge in [0.05, 0.1) is 0 Å². The topological polar surface area (TPSA) is 26.3 Å². The number of hydrogen-bond donors (Lipinski definition) is 0. The van der Waals surface area contributed by atoms with Crippen molar-refractivity contribution in [2.24, 2.45) is 34.5 Å². The number of rotatable bonds is 3. The molecule has 7 atom stereocenters. The molecule has 4 aliphatic carbocycles. The molecule has 0 aromatic carbocycles. The van der Waals surface area contributed by atoms with E-state index in [9.17, 15) is 4.79 Å². The third-order valence-corrected chi connectivity index (χ3v) is 9.22. The lowest BCUT2D eigenvalue weighted by Crippen LogP contribution is -2.50. The summed E-state index contributed by atoms with van der Waals surface area (Å²) < 4.78 is 5.57. The third kappa shape index (κ3) is 2.78. The molecule has 0 heterocycles. The van der Waals surface area contributed by atoms with Crippen molar-refractivity contribution < 1.29 is 9.53 Å². The molecule has 0 spiro atoms. The van der Waals surface area contributed by atoms with E-state index in [1.54, 1.807) is 12.5 Å². The van der Waals surface area contributed by atoms with Crippen LogP contribution in [0.1, 0.15) is 91.9 Å². The second kappa shape index (κ2) is 6.67. The number of allylic oxidation sites excluding steroid dienone is 1. The summed E-state index contributed by atoms with van der Waals surface area (Å²) in [7, 11) is 0. The molecule has 0 aliphatic heterocycles. The molecule has 3 unspecified atom stereocenters. The molecule has 4 rings (SSSR count). The van der Waals surface area contributed by atoms with Crippen LogP contribution in [0.4, 0.5) is 0 Å². The number of ether oxygens (including phenoxy) is 1. The Morgan fingerprint density at radius 3 is 2.69 bits per heavy atom. The Morgan fingerprint density at radius 1 is 1.15 bits per heavy atom. The fraction of sp³-hybridized carbons (Fsp3) is 0.875. The number of carbonyl (C=O) groups excluding carboxylic acids is 1. The summed E-state index contributed by atoms with van der Waals surface area (Å²) in [6.45, 7) is 9.09. The van der Waals surface area contributed by atoms with Gasteiger partial charge in [-0.3, -0.25) is 4.79 Å². The summed E-state index contributed by atoms with van der Waals surface area (Å²) in [4.78, 5) is 11.4. The molecule has 0 saturated heterocycles. The fourth-order valence-corrected chi connectivity index (χ4v) is 7.89. The highest BCUT2D eigenvalue weighted by Gasteiger charge is 2.58. The van der Waals surface area contributed by atoms with Gasteiger partial charge in [-0.2, -0.15) is 0 Å². The van der Waals surface area contributed by atoms with Gasteiger partial charge < -0.3 is 4.74 Å². The molecule has 0 bridgehead atoms. The molecule has 0 amide bonds. The van der Waals surface area contributed by atoms with Crippen LogP contribution in [0.5, 0.6) is 0 Å². The summed E-state index contributed by atoms with van der Waals surface area (Å²) in [5, 5.41) is 0. The van der Waals surface area contributed by atoms with Crippen LogP contribution in [0.3, 0.4) is 0 Å². The molecule has 3 fully saturated rings. The van der Waals surface area contributed by atoms with Crippen LogP contribution in [0, 0.1) is 34.5 Å². The number of fused-ring (bicyclic) bond motifs is 5. The van der Waals surface area contributed by atoms with Crippen molar-refractivity contribution in [1.82, 2.24) is 0 Å². The van der Waals surface area contributed by atoms with Gasteiger partial charge in [-0.1, -0.05) is 45.3 Å². The van der Waals surface area contributed by atoms with Gasteiger partial charge >= 0.3 is 5.97 Å². The average Bonchev–Trinajstić information content (AvgIpc) is 2.92. The van der Waals surface area contributed by atoms with Crippen molar-refractivity contribution in [2.75, 3.05) is 0 Å². The van der Waals surface area contributed by atoms with E-state index in [0.29, 0.717) is 10.8 Å². The Kier molecular flexibility index (Phi) is 4.77. The van der Waals surface area contributed by atoms with E-state index in [2.05, 4.69) is 26.8 Å². The lowest BCUT2D eigenvalue weighted by atomic mass is 9.47. The lowest BCUT2D eigenvalue weighted by Gasteiger charge is -2.58. The van der Waals surface area contributed by atoms with Gasteiger partial charge in [0, 0.05) is 13.3 Å². The molecule has 3 saturated carbocycles. The Labute approximate surface area is 160 Å². The molecule has 26 heavy (non-hydrogen) atoms. The molecule has 0 aromatic heterocycles. The summed E-state index contributed by atoms with van der Waals surface area (Å²) in [6, 6.07) is 0. The first-order valence-corrected chi connectivity index (χ1v) is 11.2. The maximum atomic E-state index is 11.4. The van der Waals surface area contributed by atoms with Gasteiger partial charge in [0.15, 0.2) is 0 Å². The first-order chi connectivity index (χ1) is 12.4. The summed E-state index contributed by atoms with van der Waals surface area (Å²) in [5.41, 5.74) is 2.58. The highest BCUT2D eigenvalue weighted by atomic mass is 16.5. The fourth-order valence-electron chi connectivity index (χ4n) is 7.89. The average molecular weight is 359 g/mol. The number of esters is 1. The highest BCUT2D eigenvalue weighted by molar-refractivity contribution is 5.66. The zero-order valence-electron chi connectivity index (χ0n) is 17.4. The van der Waals surface area contributed by atoms with E-state index in [4.69, 9.17) is 4.74 Å². The van der Waals surface area contributed by atoms with E-state index < -0.39 is 0 Å². The molecule has 0 radical (unpaired) electrons. The van der Waals surface area contributed by atoms with Gasteiger partial charge in [-0.25, -0.2) is 0 Å². The van der Waals surface area contributed by atoms with Crippen LogP contribution in [0.25, 0.3) is 0 Å². The zero-order chi connectivity index (χ0) is 18.5. The van der Waals surface area contributed by atoms with Gasteiger partial charge in [0.2, 0.25) is 0 Å². The minimum atomic E-state index is -0.116. The maximum Gasteiger partial charge on any atom is 0.302 e. The van der Waals surface area contributed by atoms with Gasteiger partial charge in [-0.05, 0) is 79.4 Å². The SMILES string of the molecule is CCC[C@H]1CCC2C3CC=C4C[C@@H](OC(C)=O)CC[C@]4(C)C3CC[C@@]21C. The van der Waals surface area contributed by atoms with Crippen molar-refractivity contribution in [3.05, 3.63) is 11.6 Å². The van der Waals surface area contributed by atoms with E-state index in [1.807, 2.05) is 0 Å². The summed E-state index contributed by atoms with van der Waals surface area (Å²) >= 11 is 0. The summed E-state index contributed by atoms with van der Waals surface area (Å²) in [5.74, 6) is 3.55. The predicted octanol–water partition coefficient (Wildman–Crippen LogP) is 6.30. The van der Waals surface area contributed by atoms with E-state index in [-0.39, 0.29) is 12.1 Å². The molecule has 2 nitrogen and oxygen atoms in total. The predicted molar refractivity (Wildman–Crippen MR) is 106 cm³/mol. The Balaban J connectivity index is 1.56. The Morgan fingerprint density at radius 2 is 1.96 bits per heavy atom. The second-order valence-electron chi connectivity index (χ2n) is 10.3. The number of carbonyl (C=O) groups is 1. The third-order valence-electron chi connectivity index (χ3n) is 9.22. The van der Waals surface area contributed by atoms with Crippen LogP contribution in [0.15, 0.2) is 11.6 Å².